The molecular weight excluding hydrogens is 308 g/mol. The van der Waals surface area contributed by atoms with Crippen molar-refractivity contribution in [2.45, 2.75) is 13.5 Å². The Hall–Kier alpha value is -1.99. The average Bonchev–Trinajstić information content (AvgIpc) is 3.04. The van der Waals surface area contributed by atoms with Crippen molar-refractivity contribution in [3.63, 3.8) is 0 Å². The number of aromatic nitrogens is 1. The quantitative estimate of drug-likeness (QED) is 0.859. The Kier molecular flexibility index (Phi) is 4.87. The first-order valence-electron chi connectivity index (χ1n) is 6.12. The third-order valence-electron chi connectivity index (χ3n) is 2.71. The van der Waals surface area contributed by atoms with Crippen molar-refractivity contribution in [3.05, 3.63) is 44.0 Å². The minimum absolute atomic E-state index is 0.138. The summed E-state index contributed by atoms with van der Waals surface area (Å²) in [5, 5.41) is 13.3. The van der Waals surface area contributed by atoms with Crippen LogP contribution in [-0.2, 0) is 11.3 Å². The molecule has 0 bridgehead atoms. The molecule has 0 unspecified atom stereocenters. The van der Waals surface area contributed by atoms with Gasteiger partial charge in [0.2, 0.25) is 0 Å². The van der Waals surface area contributed by atoms with Gasteiger partial charge < -0.3 is 10.0 Å². The fourth-order valence-corrected chi connectivity index (χ4v) is 3.24. The summed E-state index contributed by atoms with van der Waals surface area (Å²) >= 11 is 2.85. The number of thiazole rings is 1. The number of carboxylic acid groups (broad SMARTS) is 1. The van der Waals surface area contributed by atoms with E-state index in [1.807, 2.05) is 12.3 Å². The van der Waals surface area contributed by atoms with Crippen molar-refractivity contribution in [3.8, 4) is 0 Å². The molecule has 2 rings (SSSR count). The molecule has 2 aromatic heterocycles. The number of amides is 1. The van der Waals surface area contributed by atoms with Crippen LogP contribution in [0.15, 0.2) is 22.9 Å². The fourth-order valence-electron chi connectivity index (χ4n) is 1.75. The van der Waals surface area contributed by atoms with E-state index in [1.165, 1.54) is 17.4 Å². The van der Waals surface area contributed by atoms with Crippen LogP contribution in [0, 0.1) is 6.92 Å². The van der Waals surface area contributed by atoms with Crippen LogP contribution in [0.2, 0.25) is 0 Å². The molecule has 0 aliphatic heterocycles. The maximum absolute atomic E-state index is 12.4. The standard InChI is InChI=1S/C14H14N2O3S2/c1-9-15-11(8-21-9)7-16(2)14(19)13-10(5-6-20-13)3-4-12(17)18/h3-6,8H,7H2,1-2H3,(H,17,18). The Bertz CT molecular complexity index is 688. The van der Waals surface area contributed by atoms with Gasteiger partial charge in [0.15, 0.2) is 0 Å². The summed E-state index contributed by atoms with van der Waals surface area (Å²) in [5.41, 5.74) is 1.47. The lowest BCUT2D eigenvalue weighted by Crippen LogP contribution is -2.26. The monoisotopic (exact) mass is 322 g/mol. The number of thiophene rings is 1. The van der Waals surface area contributed by atoms with E-state index in [2.05, 4.69) is 4.98 Å². The van der Waals surface area contributed by atoms with E-state index < -0.39 is 5.97 Å². The maximum atomic E-state index is 12.4. The molecule has 0 saturated heterocycles. The summed E-state index contributed by atoms with van der Waals surface area (Å²) in [5.74, 6) is -1.17. The van der Waals surface area contributed by atoms with Gasteiger partial charge in [-0.3, -0.25) is 4.79 Å². The first kappa shape index (κ1) is 15.4. The van der Waals surface area contributed by atoms with E-state index in [0.29, 0.717) is 17.0 Å². The van der Waals surface area contributed by atoms with Gasteiger partial charge in [0.1, 0.15) is 0 Å². The third-order valence-corrected chi connectivity index (χ3v) is 4.45. The average molecular weight is 322 g/mol. The summed E-state index contributed by atoms with van der Waals surface area (Å²) in [6.07, 6.45) is 2.47. The van der Waals surface area contributed by atoms with E-state index in [4.69, 9.17) is 5.11 Å². The number of carbonyl (C=O) groups is 2. The van der Waals surface area contributed by atoms with Crippen LogP contribution in [0.5, 0.6) is 0 Å². The predicted molar refractivity (Wildman–Crippen MR) is 83.6 cm³/mol. The zero-order valence-corrected chi connectivity index (χ0v) is 13.2. The lowest BCUT2D eigenvalue weighted by atomic mass is 10.2. The molecule has 1 amide bonds. The second-order valence-electron chi connectivity index (χ2n) is 4.40. The van der Waals surface area contributed by atoms with Crippen LogP contribution in [0.25, 0.3) is 6.08 Å². The number of carbonyl (C=O) groups excluding carboxylic acids is 1. The van der Waals surface area contributed by atoms with Crippen LogP contribution in [0.4, 0.5) is 0 Å². The number of aryl methyl sites for hydroxylation is 1. The zero-order chi connectivity index (χ0) is 15.4. The second kappa shape index (κ2) is 6.64. The van der Waals surface area contributed by atoms with Crippen LogP contribution < -0.4 is 0 Å². The Morgan fingerprint density at radius 2 is 2.19 bits per heavy atom. The summed E-state index contributed by atoms with van der Waals surface area (Å²) in [4.78, 5) is 29.4. The van der Waals surface area contributed by atoms with Gasteiger partial charge >= 0.3 is 5.97 Å². The van der Waals surface area contributed by atoms with Gasteiger partial charge in [-0.2, -0.15) is 0 Å². The summed E-state index contributed by atoms with van der Waals surface area (Å²) in [6.45, 7) is 2.35. The van der Waals surface area contributed by atoms with Gasteiger partial charge in [0.25, 0.3) is 5.91 Å². The maximum Gasteiger partial charge on any atom is 0.328 e. The minimum Gasteiger partial charge on any atom is -0.478 e. The number of nitrogens with zero attached hydrogens (tertiary/aromatic N) is 2. The highest BCUT2D eigenvalue weighted by atomic mass is 32.1. The van der Waals surface area contributed by atoms with Crippen molar-refractivity contribution in [1.82, 2.24) is 9.88 Å². The molecule has 0 saturated carbocycles. The molecule has 0 aromatic carbocycles. The normalized spacial score (nSPS) is 11.0. The Labute approximate surface area is 130 Å². The molecule has 0 radical (unpaired) electrons. The molecule has 0 aliphatic rings. The highest BCUT2D eigenvalue weighted by Crippen LogP contribution is 2.21. The van der Waals surface area contributed by atoms with Gasteiger partial charge in [-0.15, -0.1) is 22.7 Å². The number of hydrogen-bond acceptors (Lipinski definition) is 5. The number of aliphatic carboxylic acids is 1. The second-order valence-corrected chi connectivity index (χ2v) is 6.37. The summed E-state index contributed by atoms with van der Waals surface area (Å²) < 4.78 is 0. The molecule has 0 fully saturated rings. The summed E-state index contributed by atoms with van der Waals surface area (Å²) in [7, 11) is 1.71. The van der Waals surface area contributed by atoms with E-state index in [9.17, 15) is 9.59 Å². The largest absolute Gasteiger partial charge is 0.478 e. The van der Waals surface area contributed by atoms with Crippen molar-refractivity contribution >= 4 is 40.6 Å². The molecule has 110 valence electrons. The van der Waals surface area contributed by atoms with Crippen molar-refractivity contribution in [2.24, 2.45) is 0 Å². The Balaban J connectivity index is 2.12. The van der Waals surface area contributed by atoms with Crippen molar-refractivity contribution in [2.75, 3.05) is 7.05 Å². The highest BCUT2D eigenvalue weighted by Gasteiger charge is 2.17. The van der Waals surface area contributed by atoms with Crippen molar-refractivity contribution < 1.29 is 14.7 Å². The molecule has 7 heteroatoms. The molecular formula is C14H14N2O3S2. The summed E-state index contributed by atoms with van der Waals surface area (Å²) in [6, 6.07) is 1.73. The molecule has 0 spiro atoms. The molecule has 2 heterocycles. The molecule has 2 aromatic rings. The van der Waals surface area contributed by atoms with Gasteiger partial charge in [0, 0.05) is 18.5 Å². The number of rotatable bonds is 5. The number of carboxylic acids is 1. The number of hydrogen-bond donors (Lipinski definition) is 1. The molecule has 5 nitrogen and oxygen atoms in total. The third kappa shape index (κ3) is 3.99. The SMILES string of the molecule is Cc1nc(CN(C)C(=O)c2sccc2C=CC(=O)O)cs1. The lowest BCUT2D eigenvalue weighted by Gasteiger charge is -2.15. The molecule has 1 N–H and O–H groups in total. The first-order chi connectivity index (χ1) is 9.97. The smallest absolute Gasteiger partial charge is 0.328 e. The van der Waals surface area contributed by atoms with Crippen LogP contribution >= 0.6 is 22.7 Å². The van der Waals surface area contributed by atoms with Crippen LogP contribution in [0.3, 0.4) is 0 Å². The van der Waals surface area contributed by atoms with E-state index in [-0.39, 0.29) is 5.91 Å². The van der Waals surface area contributed by atoms with Gasteiger partial charge in [0.05, 0.1) is 22.1 Å². The Morgan fingerprint density at radius 3 is 2.81 bits per heavy atom. The zero-order valence-electron chi connectivity index (χ0n) is 11.6. The predicted octanol–water partition coefficient (Wildman–Crippen LogP) is 2.88. The first-order valence-corrected chi connectivity index (χ1v) is 7.88. The van der Waals surface area contributed by atoms with Crippen LogP contribution in [0.1, 0.15) is 25.9 Å². The van der Waals surface area contributed by atoms with Gasteiger partial charge in [-0.25, -0.2) is 9.78 Å². The Morgan fingerprint density at radius 1 is 1.43 bits per heavy atom. The molecule has 0 aliphatic carbocycles. The highest BCUT2D eigenvalue weighted by molar-refractivity contribution is 7.12. The van der Waals surface area contributed by atoms with E-state index in [1.54, 1.807) is 34.7 Å². The molecule has 21 heavy (non-hydrogen) atoms. The lowest BCUT2D eigenvalue weighted by molar-refractivity contribution is -0.131. The van der Waals surface area contributed by atoms with E-state index >= 15 is 0 Å². The van der Waals surface area contributed by atoms with E-state index in [0.717, 1.165) is 16.8 Å². The fraction of sp³-hybridized carbons (Fsp3) is 0.214. The molecule has 0 atom stereocenters. The van der Waals surface area contributed by atoms with Crippen molar-refractivity contribution in [1.29, 1.82) is 0 Å². The minimum atomic E-state index is -1.04. The van der Waals surface area contributed by atoms with Gasteiger partial charge in [-0.05, 0) is 30.0 Å². The topological polar surface area (TPSA) is 70.5 Å². The van der Waals surface area contributed by atoms with Gasteiger partial charge in [-0.1, -0.05) is 0 Å². The van der Waals surface area contributed by atoms with Crippen LogP contribution in [-0.4, -0.2) is 33.9 Å².